The van der Waals surface area contributed by atoms with Gasteiger partial charge in [0.2, 0.25) is 5.91 Å². The second-order valence-corrected chi connectivity index (χ2v) is 7.40. The fourth-order valence-corrected chi connectivity index (χ4v) is 4.68. The highest BCUT2D eigenvalue weighted by molar-refractivity contribution is 7.99. The molecule has 3 amide bonds. The molecule has 128 valence electrons. The lowest BCUT2D eigenvalue weighted by molar-refractivity contribution is -0.117. The van der Waals surface area contributed by atoms with Gasteiger partial charge in [0.1, 0.15) is 4.83 Å². The Morgan fingerprint density at radius 1 is 1.38 bits per heavy atom. The number of urea groups is 1. The van der Waals surface area contributed by atoms with Crippen LogP contribution in [-0.4, -0.2) is 34.4 Å². The number of hydrogen-bond acceptors (Lipinski definition) is 7. The van der Waals surface area contributed by atoms with Crippen molar-refractivity contribution >= 4 is 45.3 Å². The molecular formula is C14H17N5O3S2. The molecule has 0 atom stereocenters. The molecule has 4 N–H and O–H groups in total. The number of aromatic nitrogens is 2. The van der Waals surface area contributed by atoms with Crippen LogP contribution in [0.2, 0.25) is 0 Å². The second kappa shape index (κ2) is 6.81. The fraction of sp³-hybridized carbons (Fsp3) is 0.429. The Morgan fingerprint density at radius 3 is 2.88 bits per heavy atom. The minimum absolute atomic E-state index is 0.0618. The summed E-state index contributed by atoms with van der Waals surface area (Å²) in [6.45, 7) is 0. The van der Waals surface area contributed by atoms with Crippen LogP contribution in [-0.2, 0) is 17.6 Å². The lowest BCUT2D eigenvalue weighted by Gasteiger charge is -2.10. The zero-order valence-electron chi connectivity index (χ0n) is 13.0. The normalized spacial score (nSPS) is 13.5. The van der Waals surface area contributed by atoms with Crippen LogP contribution in [0.15, 0.2) is 9.95 Å². The van der Waals surface area contributed by atoms with E-state index in [2.05, 4.69) is 15.6 Å². The van der Waals surface area contributed by atoms with Crippen molar-refractivity contribution in [1.29, 1.82) is 0 Å². The Balaban J connectivity index is 1.87. The molecule has 3 rings (SSSR count). The molecule has 2 aromatic heterocycles. The van der Waals surface area contributed by atoms with E-state index in [1.807, 2.05) is 0 Å². The van der Waals surface area contributed by atoms with Crippen LogP contribution in [0.25, 0.3) is 10.2 Å². The zero-order chi connectivity index (χ0) is 17.3. The number of nitrogens with two attached hydrogens (primary N) is 1. The summed E-state index contributed by atoms with van der Waals surface area (Å²) in [6, 6.07) is -0.583. The molecule has 1 aliphatic rings. The first-order valence-electron chi connectivity index (χ1n) is 7.48. The molecule has 8 nitrogen and oxygen atoms in total. The first kappa shape index (κ1) is 16.8. The Bertz CT molecular complexity index is 873. The van der Waals surface area contributed by atoms with Crippen LogP contribution in [0.5, 0.6) is 0 Å². The SMILES string of the molecule is CNC(=O)NC(=O)CSc1nc2sc3c(c2c(=O)n1N)CCCC3. The van der Waals surface area contributed by atoms with Crippen LogP contribution < -0.4 is 22.0 Å². The van der Waals surface area contributed by atoms with E-state index in [-0.39, 0.29) is 16.5 Å². The van der Waals surface area contributed by atoms with Gasteiger partial charge in [-0.3, -0.25) is 14.9 Å². The van der Waals surface area contributed by atoms with Crippen LogP contribution in [0.3, 0.4) is 0 Å². The number of rotatable bonds is 3. The molecule has 10 heteroatoms. The van der Waals surface area contributed by atoms with Gasteiger partial charge >= 0.3 is 6.03 Å². The Morgan fingerprint density at radius 2 is 2.12 bits per heavy atom. The number of hydrogen-bond donors (Lipinski definition) is 3. The summed E-state index contributed by atoms with van der Waals surface area (Å²) in [5.41, 5.74) is 0.792. The summed E-state index contributed by atoms with van der Waals surface area (Å²) >= 11 is 2.55. The summed E-state index contributed by atoms with van der Waals surface area (Å²) < 4.78 is 0.988. The third-order valence-corrected chi connectivity index (χ3v) is 5.94. The van der Waals surface area contributed by atoms with Gasteiger partial charge < -0.3 is 11.2 Å². The lowest BCUT2D eigenvalue weighted by Crippen LogP contribution is -2.38. The highest BCUT2D eigenvalue weighted by Crippen LogP contribution is 2.34. The van der Waals surface area contributed by atoms with Gasteiger partial charge in [0.05, 0.1) is 11.1 Å². The molecule has 0 saturated carbocycles. The molecule has 0 saturated heterocycles. The standard InChI is InChI=1S/C14H17N5O3S2/c1-16-13(22)17-9(20)6-23-14-18-11-10(12(21)19(14)15)7-4-2-3-5-8(7)24-11/h2-6,15H2,1H3,(H2,16,17,20,22). The molecule has 0 radical (unpaired) electrons. The average Bonchev–Trinajstić information content (AvgIpc) is 2.95. The van der Waals surface area contributed by atoms with Crippen molar-refractivity contribution < 1.29 is 9.59 Å². The summed E-state index contributed by atoms with van der Waals surface area (Å²) in [5.74, 6) is 5.32. The number of amides is 3. The van der Waals surface area contributed by atoms with Gasteiger partial charge in [0.15, 0.2) is 5.16 Å². The summed E-state index contributed by atoms with van der Waals surface area (Å²) in [6.07, 6.45) is 4.04. The number of imide groups is 1. The molecule has 0 aromatic carbocycles. The van der Waals surface area contributed by atoms with Crippen LogP contribution in [0.1, 0.15) is 23.3 Å². The highest BCUT2D eigenvalue weighted by Gasteiger charge is 2.22. The van der Waals surface area contributed by atoms with Crippen molar-refractivity contribution in [2.75, 3.05) is 18.6 Å². The largest absolute Gasteiger partial charge is 0.341 e. The quantitative estimate of drug-likeness (QED) is 0.415. The molecular weight excluding hydrogens is 350 g/mol. The van der Waals surface area contributed by atoms with E-state index in [4.69, 9.17) is 5.84 Å². The minimum atomic E-state index is -0.583. The van der Waals surface area contributed by atoms with E-state index in [0.29, 0.717) is 10.2 Å². The number of carbonyl (C=O) groups excluding carboxylic acids is 2. The molecule has 0 aliphatic heterocycles. The number of thiophene rings is 1. The van der Waals surface area contributed by atoms with Crippen molar-refractivity contribution in [1.82, 2.24) is 20.3 Å². The van der Waals surface area contributed by atoms with Crippen LogP contribution >= 0.6 is 23.1 Å². The average molecular weight is 367 g/mol. The Hall–Kier alpha value is -2.07. The van der Waals surface area contributed by atoms with E-state index in [9.17, 15) is 14.4 Å². The Labute approximate surface area is 145 Å². The first-order valence-corrected chi connectivity index (χ1v) is 9.28. The number of carbonyl (C=O) groups is 2. The van der Waals surface area contributed by atoms with Gasteiger partial charge in [0.25, 0.3) is 5.56 Å². The molecule has 0 fully saturated rings. The maximum Gasteiger partial charge on any atom is 0.321 e. The summed E-state index contributed by atoms with van der Waals surface area (Å²) in [4.78, 5) is 41.7. The molecule has 2 heterocycles. The number of nitrogens with one attached hydrogen (secondary N) is 2. The third-order valence-electron chi connectivity index (χ3n) is 3.80. The molecule has 0 unspecified atom stereocenters. The van der Waals surface area contributed by atoms with Gasteiger partial charge in [-0.25, -0.2) is 14.5 Å². The van der Waals surface area contributed by atoms with Crippen molar-refractivity contribution in [3.8, 4) is 0 Å². The molecule has 24 heavy (non-hydrogen) atoms. The summed E-state index contributed by atoms with van der Waals surface area (Å²) in [5, 5.41) is 5.31. The molecule has 0 spiro atoms. The van der Waals surface area contributed by atoms with Crippen molar-refractivity contribution in [3.63, 3.8) is 0 Å². The number of thioether (sulfide) groups is 1. The highest BCUT2D eigenvalue weighted by atomic mass is 32.2. The predicted octanol–water partition coefficient (Wildman–Crippen LogP) is 0.598. The summed E-state index contributed by atoms with van der Waals surface area (Å²) in [7, 11) is 1.42. The van der Waals surface area contributed by atoms with Crippen molar-refractivity contribution in [3.05, 3.63) is 20.8 Å². The molecule has 0 bridgehead atoms. The maximum absolute atomic E-state index is 12.6. The van der Waals surface area contributed by atoms with E-state index < -0.39 is 11.9 Å². The van der Waals surface area contributed by atoms with Crippen molar-refractivity contribution in [2.24, 2.45) is 0 Å². The third kappa shape index (κ3) is 3.11. The number of nitrogens with zero attached hydrogens (tertiary/aromatic N) is 2. The molecule has 1 aliphatic carbocycles. The predicted molar refractivity (Wildman–Crippen MR) is 94.0 cm³/mol. The zero-order valence-corrected chi connectivity index (χ0v) is 14.7. The number of aryl methyl sites for hydroxylation is 2. The van der Waals surface area contributed by atoms with E-state index >= 15 is 0 Å². The van der Waals surface area contributed by atoms with E-state index in [1.54, 1.807) is 0 Å². The lowest BCUT2D eigenvalue weighted by atomic mass is 9.97. The monoisotopic (exact) mass is 367 g/mol. The van der Waals surface area contributed by atoms with Crippen LogP contribution in [0, 0.1) is 0 Å². The number of fused-ring (bicyclic) bond motifs is 3. The van der Waals surface area contributed by atoms with Gasteiger partial charge in [-0.1, -0.05) is 11.8 Å². The topological polar surface area (TPSA) is 119 Å². The van der Waals surface area contributed by atoms with Crippen LogP contribution in [0.4, 0.5) is 4.79 Å². The maximum atomic E-state index is 12.6. The van der Waals surface area contributed by atoms with E-state index in [0.717, 1.165) is 47.7 Å². The smallest absolute Gasteiger partial charge is 0.321 e. The van der Waals surface area contributed by atoms with Gasteiger partial charge in [-0.05, 0) is 31.2 Å². The van der Waals surface area contributed by atoms with Gasteiger partial charge in [-0.2, -0.15) is 0 Å². The first-order chi connectivity index (χ1) is 11.5. The molecule has 2 aromatic rings. The fourth-order valence-electron chi connectivity index (χ4n) is 2.66. The minimum Gasteiger partial charge on any atom is -0.341 e. The van der Waals surface area contributed by atoms with Crippen molar-refractivity contribution in [2.45, 2.75) is 30.8 Å². The van der Waals surface area contributed by atoms with Gasteiger partial charge in [0, 0.05) is 11.9 Å². The second-order valence-electron chi connectivity index (χ2n) is 5.38. The van der Waals surface area contributed by atoms with E-state index in [1.165, 1.54) is 23.3 Å². The van der Waals surface area contributed by atoms with Gasteiger partial charge in [-0.15, -0.1) is 11.3 Å². The number of nitrogen functional groups attached to an aromatic ring is 1. The Kier molecular flexibility index (Phi) is 4.76.